The molecular weight excluding hydrogens is 480 g/mol. The number of fused-ring (bicyclic) bond motifs is 2. The van der Waals surface area contributed by atoms with Crippen LogP contribution in [0, 0.1) is 12.8 Å². The van der Waals surface area contributed by atoms with Gasteiger partial charge in [-0.1, -0.05) is 11.3 Å². The molecule has 6 rings (SSSR count). The molecule has 0 radical (unpaired) electrons. The smallest absolute Gasteiger partial charge is 0.225 e. The fraction of sp³-hybridized carbons (Fsp3) is 0.481. The van der Waals surface area contributed by atoms with Gasteiger partial charge in [-0.2, -0.15) is 9.67 Å². The second kappa shape index (κ2) is 10.6. The van der Waals surface area contributed by atoms with E-state index in [1.54, 1.807) is 10.9 Å². The van der Waals surface area contributed by atoms with Gasteiger partial charge in [-0.25, -0.2) is 4.98 Å². The Morgan fingerprint density at radius 2 is 1.92 bits per heavy atom. The van der Waals surface area contributed by atoms with Crippen LogP contribution in [-0.4, -0.2) is 98.0 Å². The summed E-state index contributed by atoms with van der Waals surface area (Å²) < 4.78 is 1.73. The number of nitrogens with one attached hydrogen (secondary N) is 2. The molecule has 1 aliphatic heterocycles. The quantitative estimate of drug-likeness (QED) is 0.382. The number of anilines is 1. The maximum Gasteiger partial charge on any atom is 0.225 e. The van der Waals surface area contributed by atoms with Crippen LogP contribution < -0.4 is 10.6 Å². The van der Waals surface area contributed by atoms with Crippen LogP contribution in [0.25, 0.3) is 27.8 Å². The standard InChI is InChI=1S/C27H34N10O/c1-18-3-4-19-16-22(7-8-23(19)30-18)37-25-24(33-34-37)17-29-27(32-25)31-21-6-5-20(15-21)26(38)28-9-10-36-13-11-35(2)12-14-36/h3-4,7-8,16-17,20-21H,5-6,9-15H2,1-2H3,(H,28,38)(H,29,31,32)/t20-,21-/m1/s1. The van der Waals surface area contributed by atoms with Gasteiger partial charge in [-0.15, -0.1) is 5.10 Å². The Morgan fingerprint density at radius 1 is 1.05 bits per heavy atom. The summed E-state index contributed by atoms with van der Waals surface area (Å²) in [5, 5.41) is 16.2. The SMILES string of the molecule is Cc1ccc2cc(-n3nnc4cnc(N[C@@H]5CC[C@@H](C(=O)NCCN6CCN(C)CC6)C5)nc43)ccc2n1. The molecular formula is C27H34N10O. The Bertz CT molecular complexity index is 1440. The van der Waals surface area contributed by atoms with Gasteiger partial charge in [0.15, 0.2) is 11.2 Å². The maximum atomic E-state index is 12.8. The van der Waals surface area contributed by atoms with Crippen molar-refractivity contribution in [1.82, 2.24) is 45.1 Å². The number of aromatic nitrogens is 6. The number of carbonyl (C=O) groups is 1. The van der Waals surface area contributed by atoms with Crippen molar-refractivity contribution in [3.05, 3.63) is 42.2 Å². The van der Waals surface area contributed by atoms with E-state index < -0.39 is 0 Å². The number of aryl methyl sites for hydroxylation is 1. The number of nitrogens with zero attached hydrogens (tertiary/aromatic N) is 8. The highest BCUT2D eigenvalue weighted by Gasteiger charge is 2.30. The lowest BCUT2D eigenvalue weighted by Gasteiger charge is -2.32. The van der Waals surface area contributed by atoms with E-state index in [2.05, 4.69) is 53.8 Å². The highest BCUT2D eigenvalue weighted by atomic mass is 16.1. The lowest BCUT2D eigenvalue weighted by Crippen LogP contribution is -2.47. The van der Waals surface area contributed by atoms with Crippen LogP contribution in [0.15, 0.2) is 36.5 Å². The third kappa shape index (κ3) is 5.30. The van der Waals surface area contributed by atoms with Crippen LogP contribution in [0.2, 0.25) is 0 Å². The van der Waals surface area contributed by atoms with E-state index in [1.807, 2.05) is 31.2 Å². The van der Waals surface area contributed by atoms with Gasteiger partial charge in [-0.3, -0.25) is 14.7 Å². The van der Waals surface area contributed by atoms with Gasteiger partial charge in [0, 0.05) is 62.3 Å². The molecule has 2 atom stereocenters. The highest BCUT2D eigenvalue weighted by Crippen LogP contribution is 2.28. The summed E-state index contributed by atoms with van der Waals surface area (Å²) in [7, 11) is 2.15. The fourth-order valence-corrected chi connectivity index (χ4v) is 5.40. The zero-order chi connectivity index (χ0) is 26.1. The number of rotatable bonds is 7. The first-order valence-electron chi connectivity index (χ1n) is 13.4. The highest BCUT2D eigenvalue weighted by molar-refractivity contribution is 5.82. The van der Waals surface area contributed by atoms with Gasteiger partial charge >= 0.3 is 0 Å². The topological polar surface area (TPSA) is 117 Å². The van der Waals surface area contributed by atoms with Crippen LogP contribution >= 0.6 is 0 Å². The molecule has 4 heterocycles. The summed E-state index contributed by atoms with van der Waals surface area (Å²) in [5.41, 5.74) is 4.05. The molecule has 2 aliphatic rings. The van der Waals surface area contributed by atoms with E-state index in [-0.39, 0.29) is 17.9 Å². The van der Waals surface area contributed by atoms with E-state index in [4.69, 9.17) is 4.98 Å². The van der Waals surface area contributed by atoms with Crippen molar-refractivity contribution < 1.29 is 4.79 Å². The van der Waals surface area contributed by atoms with Crippen LogP contribution in [0.3, 0.4) is 0 Å². The molecule has 198 valence electrons. The summed E-state index contributed by atoms with van der Waals surface area (Å²) in [4.78, 5) is 31.3. The normalized spacial score (nSPS) is 20.8. The van der Waals surface area contributed by atoms with Gasteiger partial charge in [0.25, 0.3) is 0 Å². The van der Waals surface area contributed by atoms with Crippen molar-refractivity contribution in [1.29, 1.82) is 0 Å². The molecule has 3 aromatic heterocycles. The molecule has 1 aliphatic carbocycles. The third-order valence-electron chi connectivity index (χ3n) is 7.71. The van der Waals surface area contributed by atoms with Crippen LogP contribution in [0.4, 0.5) is 5.95 Å². The molecule has 2 N–H and O–H groups in total. The molecule has 38 heavy (non-hydrogen) atoms. The van der Waals surface area contributed by atoms with E-state index >= 15 is 0 Å². The van der Waals surface area contributed by atoms with Crippen LogP contribution in [-0.2, 0) is 4.79 Å². The molecule has 0 spiro atoms. The molecule has 1 amide bonds. The number of pyridine rings is 1. The van der Waals surface area contributed by atoms with E-state index in [0.717, 1.165) is 74.3 Å². The minimum absolute atomic E-state index is 0.0192. The number of likely N-dealkylation sites (N-methyl/N-ethyl adjacent to an activating group) is 1. The Hall–Kier alpha value is -3.70. The molecule has 0 unspecified atom stereocenters. The van der Waals surface area contributed by atoms with E-state index in [0.29, 0.717) is 23.7 Å². The van der Waals surface area contributed by atoms with Crippen molar-refractivity contribution >= 4 is 33.9 Å². The van der Waals surface area contributed by atoms with Crippen LogP contribution in [0.5, 0.6) is 0 Å². The number of amides is 1. The Labute approximate surface area is 221 Å². The number of piperazine rings is 1. The van der Waals surface area contributed by atoms with Gasteiger partial charge < -0.3 is 15.5 Å². The first-order valence-corrected chi connectivity index (χ1v) is 13.4. The monoisotopic (exact) mass is 514 g/mol. The predicted molar refractivity (Wildman–Crippen MR) is 146 cm³/mol. The van der Waals surface area contributed by atoms with Crippen molar-refractivity contribution in [2.75, 3.05) is 51.6 Å². The minimum atomic E-state index is 0.0192. The zero-order valence-electron chi connectivity index (χ0n) is 22.0. The second-order valence-corrected chi connectivity index (χ2v) is 10.5. The average Bonchev–Trinajstić information content (AvgIpc) is 3.57. The first-order chi connectivity index (χ1) is 18.5. The molecule has 2 fully saturated rings. The molecule has 11 nitrogen and oxygen atoms in total. The van der Waals surface area contributed by atoms with Gasteiger partial charge in [0.1, 0.15) is 0 Å². The van der Waals surface area contributed by atoms with E-state index in [9.17, 15) is 4.79 Å². The molecule has 0 bridgehead atoms. The zero-order valence-corrected chi connectivity index (χ0v) is 22.0. The number of hydrogen-bond acceptors (Lipinski definition) is 9. The molecule has 1 saturated heterocycles. The van der Waals surface area contributed by atoms with Crippen LogP contribution in [0.1, 0.15) is 25.0 Å². The molecule has 1 saturated carbocycles. The largest absolute Gasteiger partial charge is 0.355 e. The fourth-order valence-electron chi connectivity index (χ4n) is 5.40. The van der Waals surface area contributed by atoms with E-state index in [1.165, 1.54) is 0 Å². The second-order valence-electron chi connectivity index (χ2n) is 10.5. The van der Waals surface area contributed by atoms with Crippen molar-refractivity contribution in [2.45, 2.75) is 32.2 Å². The van der Waals surface area contributed by atoms with Crippen molar-refractivity contribution in [3.63, 3.8) is 0 Å². The Morgan fingerprint density at radius 3 is 2.79 bits per heavy atom. The van der Waals surface area contributed by atoms with Gasteiger partial charge in [0.05, 0.1) is 17.4 Å². The lowest BCUT2D eigenvalue weighted by atomic mass is 10.1. The van der Waals surface area contributed by atoms with Gasteiger partial charge in [-0.05, 0) is 57.5 Å². The van der Waals surface area contributed by atoms with Crippen molar-refractivity contribution in [3.8, 4) is 5.69 Å². The molecule has 11 heteroatoms. The van der Waals surface area contributed by atoms with Gasteiger partial charge in [0.2, 0.25) is 11.9 Å². The minimum Gasteiger partial charge on any atom is -0.355 e. The summed E-state index contributed by atoms with van der Waals surface area (Å²) in [5.74, 6) is 0.703. The Kier molecular flexibility index (Phi) is 6.86. The van der Waals surface area contributed by atoms with Crippen molar-refractivity contribution in [2.24, 2.45) is 5.92 Å². The summed E-state index contributed by atoms with van der Waals surface area (Å²) in [6.07, 6.45) is 4.24. The number of benzene rings is 1. The Balaban J connectivity index is 1.07. The predicted octanol–water partition coefficient (Wildman–Crippen LogP) is 2.01. The number of hydrogen-bond donors (Lipinski definition) is 2. The summed E-state index contributed by atoms with van der Waals surface area (Å²) >= 11 is 0. The summed E-state index contributed by atoms with van der Waals surface area (Å²) in [6, 6.07) is 10.2. The summed E-state index contributed by atoms with van der Waals surface area (Å²) in [6.45, 7) is 7.92. The third-order valence-corrected chi connectivity index (χ3v) is 7.71. The molecule has 4 aromatic rings. The molecule has 1 aromatic carbocycles. The lowest BCUT2D eigenvalue weighted by molar-refractivity contribution is -0.124. The average molecular weight is 515 g/mol. The number of carbonyl (C=O) groups excluding carboxylic acids is 1. The first kappa shape index (κ1) is 24.6. The maximum absolute atomic E-state index is 12.8.